The summed E-state index contributed by atoms with van der Waals surface area (Å²) in [5.74, 6) is 2.33. The summed E-state index contributed by atoms with van der Waals surface area (Å²) < 4.78 is 0. The third-order valence-corrected chi connectivity index (χ3v) is 4.00. The van der Waals surface area contributed by atoms with Crippen LogP contribution in [0.2, 0.25) is 10.0 Å². The number of carbonyl (C=O) groups is 1. The number of carbonyl (C=O) groups excluding carboxylic acids is 1. The molecule has 2 N–H and O–H groups in total. The number of halogens is 2. The molecule has 1 aliphatic carbocycles. The summed E-state index contributed by atoms with van der Waals surface area (Å²) in [5.41, 5.74) is 6.76. The number of hydrogen-bond acceptors (Lipinski definition) is 2. The summed E-state index contributed by atoms with van der Waals surface area (Å²) in [5, 5.41) is 0.990. The SMILES string of the molecule is C#CCC(N)C(=O)N(Cc1ccc(Cl)c(Cl)c1)C1CC1. The van der Waals surface area contributed by atoms with Gasteiger partial charge in [-0.3, -0.25) is 4.79 Å². The number of nitrogens with two attached hydrogens (primary N) is 1. The summed E-state index contributed by atoms with van der Waals surface area (Å²) in [6.07, 6.45) is 7.49. The number of terminal acetylenes is 1. The second kappa shape index (κ2) is 6.49. The van der Waals surface area contributed by atoms with Crippen LogP contribution in [0.1, 0.15) is 24.8 Å². The Labute approximate surface area is 129 Å². The van der Waals surface area contributed by atoms with E-state index in [0.29, 0.717) is 16.6 Å². The molecule has 1 atom stereocenters. The fourth-order valence-electron chi connectivity index (χ4n) is 2.04. The summed E-state index contributed by atoms with van der Waals surface area (Å²) in [6.45, 7) is 0.485. The molecule has 1 fully saturated rings. The third kappa shape index (κ3) is 3.67. The molecule has 0 aromatic heterocycles. The molecule has 1 aromatic carbocycles. The second-order valence-electron chi connectivity index (χ2n) is 4.96. The van der Waals surface area contributed by atoms with Crippen molar-refractivity contribution in [3.63, 3.8) is 0 Å². The molecule has 20 heavy (non-hydrogen) atoms. The number of rotatable bonds is 5. The summed E-state index contributed by atoms with van der Waals surface area (Å²) in [4.78, 5) is 14.1. The van der Waals surface area contributed by atoms with Crippen LogP contribution in [0.15, 0.2) is 18.2 Å². The molecule has 1 aromatic rings. The molecule has 1 aliphatic rings. The highest BCUT2D eigenvalue weighted by molar-refractivity contribution is 6.42. The zero-order valence-corrected chi connectivity index (χ0v) is 12.5. The molecule has 0 aliphatic heterocycles. The Balaban J connectivity index is 2.11. The molecule has 106 valence electrons. The maximum Gasteiger partial charge on any atom is 0.241 e. The molecule has 0 heterocycles. The predicted molar refractivity (Wildman–Crippen MR) is 81.5 cm³/mol. The van der Waals surface area contributed by atoms with Gasteiger partial charge in [-0.2, -0.15) is 0 Å². The number of nitrogens with zero attached hydrogens (tertiary/aromatic N) is 1. The Morgan fingerprint density at radius 2 is 2.15 bits per heavy atom. The van der Waals surface area contributed by atoms with Gasteiger partial charge in [0, 0.05) is 19.0 Å². The first kappa shape index (κ1) is 15.2. The standard InChI is InChI=1S/C15H16Cl2N2O/c1-2-3-14(18)15(20)19(11-5-6-11)9-10-4-7-12(16)13(17)8-10/h1,4,7-8,11,14H,3,5-6,9,18H2. The average Bonchev–Trinajstić information content (AvgIpc) is 3.24. The second-order valence-corrected chi connectivity index (χ2v) is 5.77. The molecule has 0 saturated heterocycles. The van der Waals surface area contributed by atoms with E-state index in [1.54, 1.807) is 17.0 Å². The highest BCUT2D eigenvalue weighted by atomic mass is 35.5. The van der Waals surface area contributed by atoms with E-state index < -0.39 is 6.04 Å². The van der Waals surface area contributed by atoms with Crippen molar-refractivity contribution in [1.82, 2.24) is 4.90 Å². The maximum absolute atomic E-state index is 12.3. The van der Waals surface area contributed by atoms with Gasteiger partial charge in [-0.25, -0.2) is 0 Å². The first-order chi connectivity index (χ1) is 9.52. The van der Waals surface area contributed by atoms with Crippen molar-refractivity contribution < 1.29 is 4.79 Å². The Kier molecular flexibility index (Phi) is 4.93. The van der Waals surface area contributed by atoms with Crippen LogP contribution in [-0.2, 0) is 11.3 Å². The molecular formula is C15H16Cl2N2O. The average molecular weight is 311 g/mol. The third-order valence-electron chi connectivity index (χ3n) is 3.26. The van der Waals surface area contributed by atoms with Crippen LogP contribution in [0.3, 0.4) is 0 Å². The monoisotopic (exact) mass is 310 g/mol. The van der Waals surface area contributed by atoms with Gasteiger partial charge in [0.25, 0.3) is 0 Å². The number of hydrogen-bond donors (Lipinski definition) is 1. The van der Waals surface area contributed by atoms with Crippen molar-refractivity contribution >= 4 is 29.1 Å². The first-order valence-electron chi connectivity index (χ1n) is 6.46. The van der Waals surface area contributed by atoms with E-state index in [-0.39, 0.29) is 18.4 Å². The smallest absolute Gasteiger partial charge is 0.241 e. The lowest BCUT2D eigenvalue weighted by atomic mass is 10.1. The lowest BCUT2D eigenvalue weighted by Crippen LogP contribution is -2.44. The van der Waals surface area contributed by atoms with E-state index in [2.05, 4.69) is 5.92 Å². The summed E-state index contributed by atoms with van der Waals surface area (Å²) in [7, 11) is 0. The highest BCUT2D eigenvalue weighted by Crippen LogP contribution is 2.30. The molecule has 0 radical (unpaired) electrons. The fraction of sp³-hybridized carbons (Fsp3) is 0.400. The minimum Gasteiger partial charge on any atom is -0.334 e. The molecule has 1 saturated carbocycles. The van der Waals surface area contributed by atoms with Gasteiger partial charge in [0.15, 0.2) is 0 Å². The van der Waals surface area contributed by atoms with E-state index in [0.717, 1.165) is 18.4 Å². The molecule has 3 nitrogen and oxygen atoms in total. The van der Waals surface area contributed by atoms with Crippen LogP contribution < -0.4 is 5.73 Å². The topological polar surface area (TPSA) is 46.3 Å². The Hall–Kier alpha value is -1.21. The van der Waals surface area contributed by atoms with Crippen LogP contribution in [-0.4, -0.2) is 22.9 Å². The van der Waals surface area contributed by atoms with Crippen molar-refractivity contribution in [2.75, 3.05) is 0 Å². The molecule has 1 unspecified atom stereocenters. The van der Waals surface area contributed by atoms with Crippen LogP contribution in [0, 0.1) is 12.3 Å². The van der Waals surface area contributed by atoms with Gasteiger partial charge in [-0.1, -0.05) is 29.3 Å². The number of amides is 1. The van der Waals surface area contributed by atoms with E-state index in [4.69, 9.17) is 35.4 Å². The van der Waals surface area contributed by atoms with Crippen LogP contribution in [0.25, 0.3) is 0 Å². The summed E-state index contributed by atoms with van der Waals surface area (Å²) in [6, 6.07) is 5.00. The quantitative estimate of drug-likeness (QED) is 0.850. The zero-order chi connectivity index (χ0) is 14.7. The Morgan fingerprint density at radius 3 is 2.70 bits per heavy atom. The van der Waals surface area contributed by atoms with Gasteiger partial charge in [0.1, 0.15) is 0 Å². The largest absolute Gasteiger partial charge is 0.334 e. The van der Waals surface area contributed by atoms with Gasteiger partial charge < -0.3 is 10.6 Å². The van der Waals surface area contributed by atoms with Gasteiger partial charge in [-0.15, -0.1) is 12.3 Å². The zero-order valence-electron chi connectivity index (χ0n) is 11.0. The van der Waals surface area contributed by atoms with Crippen LogP contribution in [0.4, 0.5) is 0 Å². The Bertz CT molecular complexity index is 549. The highest BCUT2D eigenvalue weighted by Gasteiger charge is 2.34. The van der Waals surface area contributed by atoms with Crippen molar-refractivity contribution in [2.24, 2.45) is 5.73 Å². The van der Waals surface area contributed by atoms with E-state index in [9.17, 15) is 4.79 Å². The molecule has 1 amide bonds. The van der Waals surface area contributed by atoms with E-state index >= 15 is 0 Å². The molecule has 0 bridgehead atoms. The van der Waals surface area contributed by atoms with E-state index in [1.165, 1.54) is 0 Å². The molecular weight excluding hydrogens is 295 g/mol. The predicted octanol–water partition coefficient (Wildman–Crippen LogP) is 2.84. The van der Waals surface area contributed by atoms with Gasteiger partial charge in [-0.05, 0) is 30.5 Å². The summed E-state index contributed by atoms with van der Waals surface area (Å²) >= 11 is 11.9. The maximum atomic E-state index is 12.3. The lowest BCUT2D eigenvalue weighted by Gasteiger charge is -2.25. The van der Waals surface area contributed by atoms with Crippen LogP contribution >= 0.6 is 23.2 Å². The number of benzene rings is 1. The normalized spacial score (nSPS) is 15.5. The Morgan fingerprint density at radius 1 is 1.45 bits per heavy atom. The molecule has 5 heteroatoms. The van der Waals surface area contributed by atoms with Crippen molar-refractivity contribution in [1.29, 1.82) is 0 Å². The van der Waals surface area contributed by atoms with Gasteiger partial charge in [0.2, 0.25) is 5.91 Å². The van der Waals surface area contributed by atoms with Gasteiger partial charge >= 0.3 is 0 Å². The van der Waals surface area contributed by atoms with Crippen molar-refractivity contribution in [3.8, 4) is 12.3 Å². The fourth-order valence-corrected chi connectivity index (χ4v) is 2.36. The van der Waals surface area contributed by atoms with Crippen molar-refractivity contribution in [2.45, 2.75) is 37.9 Å². The van der Waals surface area contributed by atoms with E-state index in [1.807, 2.05) is 6.07 Å². The molecule has 2 rings (SSSR count). The minimum atomic E-state index is -0.636. The van der Waals surface area contributed by atoms with Crippen LogP contribution in [0.5, 0.6) is 0 Å². The lowest BCUT2D eigenvalue weighted by molar-refractivity contribution is -0.133. The van der Waals surface area contributed by atoms with Gasteiger partial charge in [0.05, 0.1) is 16.1 Å². The van der Waals surface area contributed by atoms with Crippen molar-refractivity contribution in [3.05, 3.63) is 33.8 Å². The molecule has 0 spiro atoms. The minimum absolute atomic E-state index is 0.100. The first-order valence-corrected chi connectivity index (χ1v) is 7.22.